The number of hydrogen-bond acceptors (Lipinski definition) is 5. The van der Waals surface area contributed by atoms with Gasteiger partial charge in [0.2, 0.25) is 11.8 Å². The second-order valence-corrected chi connectivity index (χ2v) is 7.02. The summed E-state index contributed by atoms with van der Waals surface area (Å²) in [6, 6.07) is 8.91. The Kier molecular flexibility index (Phi) is 7.90. The van der Waals surface area contributed by atoms with Crippen molar-refractivity contribution in [3.05, 3.63) is 45.6 Å². The van der Waals surface area contributed by atoms with Crippen molar-refractivity contribution in [2.24, 2.45) is 0 Å². The first-order valence-electron chi connectivity index (χ1n) is 8.16. The molecular formula is C18H22ClN3O3S. The number of benzene rings is 1. The van der Waals surface area contributed by atoms with Crippen molar-refractivity contribution in [1.29, 1.82) is 0 Å². The van der Waals surface area contributed by atoms with Crippen LogP contribution in [-0.2, 0) is 16.1 Å². The zero-order valence-corrected chi connectivity index (χ0v) is 16.3. The van der Waals surface area contributed by atoms with Crippen LogP contribution < -0.4 is 15.4 Å². The Morgan fingerprint density at radius 2 is 2.00 bits per heavy atom. The maximum absolute atomic E-state index is 12.3. The smallest absolute Gasteiger partial charge is 0.238 e. The molecule has 0 unspecified atom stereocenters. The number of amides is 2. The number of methoxy groups -OCH3 is 1. The number of carbonyl (C=O) groups is 2. The number of anilines is 1. The minimum atomic E-state index is -0.238. The van der Waals surface area contributed by atoms with Crippen LogP contribution in [0.2, 0.25) is 5.02 Å². The standard InChI is InChI=1S/C18H22ClN3O3S/c1-3-22(11-17(23)20-10-14-5-4-8-26-14)12-18(24)21-15-9-13(19)6-7-16(15)25-2/h4-9H,3,10-12H2,1-2H3,(H,20,23)(H,21,24). The van der Waals surface area contributed by atoms with Gasteiger partial charge in [0.1, 0.15) is 5.75 Å². The van der Waals surface area contributed by atoms with Gasteiger partial charge in [-0.15, -0.1) is 11.3 Å². The van der Waals surface area contributed by atoms with E-state index in [0.29, 0.717) is 29.5 Å². The second-order valence-electron chi connectivity index (χ2n) is 5.55. The third-order valence-corrected chi connectivity index (χ3v) is 4.77. The zero-order valence-electron chi connectivity index (χ0n) is 14.8. The SMILES string of the molecule is CCN(CC(=O)NCc1cccs1)CC(=O)Nc1cc(Cl)ccc1OC. The fourth-order valence-electron chi connectivity index (χ4n) is 2.31. The molecule has 1 aromatic heterocycles. The summed E-state index contributed by atoms with van der Waals surface area (Å²) in [5.74, 6) is 0.173. The van der Waals surface area contributed by atoms with Crippen LogP contribution in [0.4, 0.5) is 5.69 Å². The Labute approximate surface area is 162 Å². The molecule has 0 aliphatic heterocycles. The van der Waals surface area contributed by atoms with Crippen LogP contribution in [0, 0.1) is 0 Å². The monoisotopic (exact) mass is 395 g/mol. The Hall–Kier alpha value is -2.09. The molecule has 2 aromatic rings. The van der Waals surface area contributed by atoms with Crippen molar-refractivity contribution in [1.82, 2.24) is 10.2 Å². The van der Waals surface area contributed by atoms with Gasteiger partial charge in [-0.05, 0) is 36.2 Å². The van der Waals surface area contributed by atoms with Crippen LogP contribution >= 0.6 is 22.9 Å². The molecule has 2 rings (SSSR count). The van der Waals surface area contributed by atoms with E-state index in [1.54, 1.807) is 34.4 Å². The lowest BCUT2D eigenvalue weighted by Crippen LogP contribution is -2.40. The molecule has 0 saturated heterocycles. The lowest BCUT2D eigenvalue weighted by molar-refractivity contribution is -0.123. The molecule has 2 N–H and O–H groups in total. The van der Waals surface area contributed by atoms with E-state index in [2.05, 4.69) is 10.6 Å². The molecule has 6 nitrogen and oxygen atoms in total. The van der Waals surface area contributed by atoms with Gasteiger partial charge in [-0.1, -0.05) is 24.6 Å². The quantitative estimate of drug-likeness (QED) is 0.684. The van der Waals surface area contributed by atoms with Crippen LogP contribution in [0.15, 0.2) is 35.7 Å². The maximum atomic E-state index is 12.3. The van der Waals surface area contributed by atoms with Gasteiger partial charge in [0.05, 0.1) is 32.4 Å². The first-order chi connectivity index (χ1) is 12.5. The van der Waals surface area contributed by atoms with Gasteiger partial charge in [-0.2, -0.15) is 0 Å². The molecule has 0 aliphatic carbocycles. The summed E-state index contributed by atoms with van der Waals surface area (Å²) in [5.41, 5.74) is 0.503. The number of likely N-dealkylation sites (N-methyl/N-ethyl adjacent to an activating group) is 1. The molecule has 2 amide bonds. The first kappa shape index (κ1) is 20.2. The number of ether oxygens (including phenoxy) is 1. The van der Waals surface area contributed by atoms with Gasteiger partial charge in [-0.3, -0.25) is 14.5 Å². The number of rotatable bonds is 9. The van der Waals surface area contributed by atoms with Gasteiger partial charge in [-0.25, -0.2) is 0 Å². The molecule has 0 fully saturated rings. The van der Waals surface area contributed by atoms with E-state index in [-0.39, 0.29) is 24.9 Å². The highest BCUT2D eigenvalue weighted by atomic mass is 35.5. The number of nitrogens with one attached hydrogen (secondary N) is 2. The summed E-state index contributed by atoms with van der Waals surface area (Å²) in [4.78, 5) is 27.2. The number of nitrogens with zero attached hydrogens (tertiary/aromatic N) is 1. The minimum absolute atomic E-state index is 0.0958. The second kappa shape index (κ2) is 10.2. The molecule has 140 valence electrons. The third kappa shape index (κ3) is 6.33. The van der Waals surface area contributed by atoms with Crippen molar-refractivity contribution in [2.75, 3.05) is 32.1 Å². The summed E-state index contributed by atoms with van der Waals surface area (Å²) in [7, 11) is 1.52. The Balaban J connectivity index is 1.85. The van der Waals surface area contributed by atoms with Crippen LogP contribution in [0.5, 0.6) is 5.75 Å². The lowest BCUT2D eigenvalue weighted by atomic mass is 10.3. The van der Waals surface area contributed by atoms with E-state index < -0.39 is 0 Å². The number of hydrogen-bond donors (Lipinski definition) is 2. The van der Waals surface area contributed by atoms with Crippen molar-refractivity contribution in [2.45, 2.75) is 13.5 Å². The third-order valence-electron chi connectivity index (χ3n) is 3.66. The summed E-state index contributed by atoms with van der Waals surface area (Å²) in [6.45, 7) is 3.23. The molecule has 26 heavy (non-hydrogen) atoms. The van der Waals surface area contributed by atoms with Crippen LogP contribution in [0.1, 0.15) is 11.8 Å². The van der Waals surface area contributed by atoms with Crippen molar-refractivity contribution in [3.8, 4) is 5.75 Å². The lowest BCUT2D eigenvalue weighted by Gasteiger charge is -2.19. The topological polar surface area (TPSA) is 70.7 Å². The summed E-state index contributed by atoms with van der Waals surface area (Å²) >= 11 is 7.56. The molecule has 0 spiro atoms. The van der Waals surface area contributed by atoms with Gasteiger partial charge < -0.3 is 15.4 Å². The van der Waals surface area contributed by atoms with Gasteiger partial charge in [0.15, 0.2) is 0 Å². The van der Waals surface area contributed by atoms with Gasteiger partial charge in [0, 0.05) is 9.90 Å². The predicted molar refractivity (Wildman–Crippen MR) is 105 cm³/mol. The number of halogens is 1. The van der Waals surface area contributed by atoms with Gasteiger partial charge in [0.25, 0.3) is 0 Å². The van der Waals surface area contributed by atoms with Crippen LogP contribution in [0.25, 0.3) is 0 Å². The fourth-order valence-corrected chi connectivity index (χ4v) is 3.12. The molecule has 0 atom stereocenters. The van der Waals surface area contributed by atoms with E-state index >= 15 is 0 Å². The highest BCUT2D eigenvalue weighted by Gasteiger charge is 2.15. The highest BCUT2D eigenvalue weighted by molar-refractivity contribution is 7.09. The van der Waals surface area contributed by atoms with Crippen LogP contribution in [-0.4, -0.2) is 43.5 Å². The van der Waals surface area contributed by atoms with E-state index in [1.807, 2.05) is 24.4 Å². The maximum Gasteiger partial charge on any atom is 0.238 e. The average Bonchev–Trinajstić information content (AvgIpc) is 3.13. The molecule has 1 heterocycles. The molecule has 0 radical (unpaired) electrons. The Morgan fingerprint density at radius 1 is 1.23 bits per heavy atom. The predicted octanol–water partition coefficient (Wildman–Crippen LogP) is 2.99. The normalized spacial score (nSPS) is 10.6. The van der Waals surface area contributed by atoms with E-state index in [4.69, 9.17) is 16.3 Å². The largest absolute Gasteiger partial charge is 0.495 e. The molecule has 0 bridgehead atoms. The number of thiophene rings is 1. The van der Waals surface area contributed by atoms with Crippen molar-refractivity contribution >= 4 is 40.4 Å². The zero-order chi connectivity index (χ0) is 18.9. The molecule has 1 aromatic carbocycles. The number of carbonyl (C=O) groups excluding carboxylic acids is 2. The average molecular weight is 396 g/mol. The fraction of sp³-hybridized carbons (Fsp3) is 0.333. The van der Waals surface area contributed by atoms with Crippen LogP contribution in [0.3, 0.4) is 0 Å². The Morgan fingerprint density at radius 3 is 2.65 bits per heavy atom. The molecule has 0 saturated carbocycles. The summed E-state index contributed by atoms with van der Waals surface area (Å²) < 4.78 is 5.21. The van der Waals surface area contributed by atoms with E-state index in [0.717, 1.165) is 4.88 Å². The van der Waals surface area contributed by atoms with E-state index in [1.165, 1.54) is 7.11 Å². The van der Waals surface area contributed by atoms with E-state index in [9.17, 15) is 9.59 Å². The Bertz CT molecular complexity index is 737. The molecular weight excluding hydrogens is 374 g/mol. The van der Waals surface area contributed by atoms with Gasteiger partial charge >= 0.3 is 0 Å². The summed E-state index contributed by atoms with van der Waals surface area (Å²) in [6.07, 6.45) is 0. The first-order valence-corrected chi connectivity index (χ1v) is 9.42. The van der Waals surface area contributed by atoms with Crippen molar-refractivity contribution in [3.63, 3.8) is 0 Å². The minimum Gasteiger partial charge on any atom is -0.495 e. The molecule has 0 aliphatic rings. The molecule has 8 heteroatoms. The highest BCUT2D eigenvalue weighted by Crippen LogP contribution is 2.27. The summed E-state index contributed by atoms with van der Waals surface area (Å²) in [5, 5.41) is 8.10. The van der Waals surface area contributed by atoms with Crippen molar-refractivity contribution < 1.29 is 14.3 Å².